The van der Waals surface area contributed by atoms with E-state index < -0.39 is 0 Å². The molecular formula is C14H21N. The van der Waals surface area contributed by atoms with Crippen LogP contribution in [0.4, 0.5) is 0 Å². The van der Waals surface area contributed by atoms with Gasteiger partial charge in [-0.2, -0.15) is 0 Å². The third-order valence-electron chi connectivity index (χ3n) is 3.35. The van der Waals surface area contributed by atoms with Gasteiger partial charge in [-0.1, -0.05) is 43.2 Å². The van der Waals surface area contributed by atoms with Crippen molar-refractivity contribution in [2.45, 2.75) is 38.1 Å². The highest BCUT2D eigenvalue weighted by atomic mass is 14.9. The number of hydrogen-bond acceptors (Lipinski definition) is 1. The third-order valence-corrected chi connectivity index (χ3v) is 3.35. The number of rotatable bonds is 6. The van der Waals surface area contributed by atoms with Crippen molar-refractivity contribution in [3.05, 3.63) is 35.9 Å². The molecule has 1 heteroatoms. The fraction of sp³-hybridized carbons (Fsp3) is 0.571. The molecule has 1 saturated carbocycles. The fourth-order valence-corrected chi connectivity index (χ4v) is 2.09. The minimum absolute atomic E-state index is 0.660. The number of hydrogen-bond donors (Lipinski definition) is 1. The molecule has 1 N–H and O–H groups in total. The molecule has 1 unspecified atom stereocenters. The van der Waals surface area contributed by atoms with E-state index >= 15 is 0 Å². The Morgan fingerprint density at radius 2 is 2.00 bits per heavy atom. The first-order valence-electron chi connectivity index (χ1n) is 6.09. The summed E-state index contributed by atoms with van der Waals surface area (Å²) in [5, 5.41) is 3.43. The van der Waals surface area contributed by atoms with E-state index in [1.165, 1.54) is 37.7 Å². The van der Waals surface area contributed by atoms with Crippen LogP contribution in [0.15, 0.2) is 30.3 Å². The van der Waals surface area contributed by atoms with Gasteiger partial charge in [0, 0.05) is 6.04 Å². The van der Waals surface area contributed by atoms with Crippen LogP contribution in [-0.4, -0.2) is 13.1 Å². The summed E-state index contributed by atoms with van der Waals surface area (Å²) in [6.07, 6.45) is 6.86. The SMILES string of the molecule is CNC(CCC1CC1)Cc1ccccc1. The molecule has 1 aliphatic rings. The second kappa shape index (κ2) is 5.32. The molecule has 1 fully saturated rings. The van der Waals surface area contributed by atoms with E-state index in [2.05, 4.69) is 42.7 Å². The first kappa shape index (κ1) is 10.7. The maximum Gasteiger partial charge on any atom is 0.0105 e. The molecule has 1 nitrogen and oxygen atoms in total. The van der Waals surface area contributed by atoms with Gasteiger partial charge in [-0.05, 0) is 37.8 Å². The highest BCUT2D eigenvalue weighted by Crippen LogP contribution is 2.34. The third kappa shape index (κ3) is 3.67. The van der Waals surface area contributed by atoms with E-state index in [9.17, 15) is 0 Å². The second-order valence-corrected chi connectivity index (χ2v) is 4.70. The van der Waals surface area contributed by atoms with Crippen LogP contribution in [0.25, 0.3) is 0 Å². The maximum atomic E-state index is 3.43. The molecule has 0 bridgehead atoms. The van der Waals surface area contributed by atoms with Gasteiger partial charge in [-0.3, -0.25) is 0 Å². The van der Waals surface area contributed by atoms with Crippen molar-refractivity contribution in [1.82, 2.24) is 5.32 Å². The lowest BCUT2D eigenvalue weighted by Gasteiger charge is -2.15. The fourth-order valence-electron chi connectivity index (χ4n) is 2.09. The van der Waals surface area contributed by atoms with Crippen LogP contribution in [-0.2, 0) is 6.42 Å². The predicted molar refractivity (Wildman–Crippen MR) is 65.0 cm³/mol. The maximum absolute atomic E-state index is 3.43. The Morgan fingerprint density at radius 3 is 2.60 bits per heavy atom. The normalized spacial score (nSPS) is 17.7. The summed E-state index contributed by atoms with van der Waals surface area (Å²) in [4.78, 5) is 0. The van der Waals surface area contributed by atoms with E-state index in [1.54, 1.807) is 0 Å². The molecule has 1 aromatic rings. The quantitative estimate of drug-likeness (QED) is 0.749. The average molecular weight is 203 g/mol. The highest BCUT2D eigenvalue weighted by Gasteiger charge is 2.22. The van der Waals surface area contributed by atoms with Gasteiger partial charge in [-0.15, -0.1) is 0 Å². The molecule has 2 rings (SSSR count). The van der Waals surface area contributed by atoms with E-state index in [-0.39, 0.29) is 0 Å². The van der Waals surface area contributed by atoms with E-state index in [1.807, 2.05) is 0 Å². The van der Waals surface area contributed by atoms with Crippen LogP contribution in [0.3, 0.4) is 0 Å². The van der Waals surface area contributed by atoms with Crippen LogP contribution in [0.2, 0.25) is 0 Å². The minimum atomic E-state index is 0.660. The molecule has 15 heavy (non-hydrogen) atoms. The lowest BCUT2D eigenvalue weighted by Crippen LogP contribution is -2.27. The van der Waals surface area contributed by atoms with Gasteiger partial charge in [0.15, 0.2) is 0 Å². The minimum Gasteiger partial charge on any atom is -0.317 e. The van der Waals surface area contributed by atoms with Gasteiger partial charge < -0.3 is 5.32 Å². The van der Waals surface area contributed by atoms with Crippen LogP contribution >= 0.6 is 0 Å². The monoisotopic (exact) mass is 203 g/mol. The van der Waals surface area contributed by atoms with Gasteiger partial charge in [-0.25, -0.2) is 0 Å². The van der Waals surface area contributed by atoms with Crippen molar-refractivity contribution >= 4 is 0 Å². The van der Waals surface area contributed by atoms with Crippen LogP contribution in [0.1, 0.15) is 31.2 Å². The van der Waals surface area contributed by atoms with Crippen molar-refractivity contribution in [3.8, 4) is 0 Å². The molecule has 0 amide bonds. The average Bonchev–Trinajstić information content (AvgIpc) is 3.09. The summed E-state index contributed by atoms with van der Waals surface area (Å²) < 4.78 is 0. The topological polar surface area (TPSA) is 12.0 Å². The van der Waals surface area contributed by atoms with Crippen molar-refractivity contribution in [2.75, 3.05) is 7.05 Å². The van der Waals surface area contributed by atoms with Crippen LogP contribution < -0.4 is 5.32 Å². The Balaban J connectivity index is 1.78. The molecule has 0 aliphatic heterocycles. The Kier molecular flexibility index (Phi) is 3.79. The zero-order valence-electron chi connectivity index (χ0n) is 9.58. The summed E-state index contributed by atoms with van der Waals surface area (Å²) in [7, 11) is 2.08. The molecule has 82 valence electrons. The van der Waals surface area contributed by atoms with Gasteiger partial charge in [0.05, 0.1) is 0 Å². The van der Waals surface area contributed by atoms with Gasteiger partial charge in [0.2, 0.25) is 0 Å². The first-order chi connectivity index (χ1) is 7.38. The van der Waals surface area contributed by atoms with Crippen LogP contribution in [0, 0.1) is 5.92 Å². The van der Waals surface area contributed by atoms with E-state index in [4.69, 9.17) is 0 Å². The molecule has 0 aromatic heterocycles. The molecule has 0 radical (unpaired) electrons. The highest BCUT2D eigenvalue weighted by molar-refractivity contribution is 5.15. The molecule has 1 aliphatic carbocycles. The van der Waals surface area contributed by atoms with Crippen LogP contribution in [0.5, 0.6) is 0 Å². The summed E-state index contributed by atoms with van der Waals surface area (Å²) in [5.74, 6) is 1.05. The largest absolute Gasteiger partial charge is 0.317 e. The Labute approximate surface area is 92.9 Å². The van der Waals surface area contributed by atoms with E-state index in [0.29, 0.717) is 6.04 Å². The van der Waals surface area contributed by atoms with Crippen molar-refractivity contribution in [1.29, 1.82) is 0 Å². The Hall–Kier alpha value is -0.820. The molecule has 0 saturated heterocycles. The first-order valence-corrected chi connectivity index (χ1v) is 6.09. The van der Waals surface area contributed by atoms with Crippen molar-refractivity contribution in [3.63, 3.8) is 0 Å². The standard InChI is InChI=1S/C14H21N/c1-15-14(10-9-12-7-8-12)11-13-5-3-2-4-6-13/h2-6,12,14-15H,7-11H2,1H3. The summed E-state index contributed by atoms with van der Waals surface area (Å²) in [5.41, 5.74) is 1.45. The summed E-state index contributed by atoms with van der Waals surface area (Å²) in [6, 6.07) is 11.4. The number of likely N-dealkylation sites (N-methyl/N-ethyl adjacent to an activating group) is 1. The summed E-state index contributed by atoms with van der Waals surface area (Å²) in [6.45, 7) is 0. The van der Waals surface area contributed by atoms with Crippen molar-refractivity contribution in [2.24, 2.45) is 5.92 Å². The Morgan fingerprint density at radius 1 is 1.27 bits per heavy atom. The molecule has 1 atom stereocenters. The molecular weight excluding hydrogens is 182 g/mol. The summed E-state index contributed by atoms with van der Waals surface area (Å²) >= 11 is 0. The van der Waals surface area contributed by atoms with Gasteiger partial charge >= 0.3 is 0 Å². The van der Waals surface area contributed by atoms with Crippen molar-refractivity contribution < 1.29 is 0 Å². The molecule has 0 spiro atoms. The second-order valence-electron chi connectivity index (χ2n) is 4.70. The van der Waals surface area contributed by atoms with E-state index in [0.717, 1.165) is 5.92 Å². The molecule has 0 heterocycles. The predicted octanol–water partition coefficient (Wildman–Crippen LogP) is 3.01. The zero-order chi connectivity index (χ0) is 10.5. The lowest BCUT2D eigenvalue weighted by molar-refractivity contribution is 0.485. The lowest BCUT2D eigenvalue weighted by atomic mass is 10.0. The number of nitrogens with one attached hydrogen (secondary N) is 1. The number of benzene rings is 1. The zero-order valence-corrected chi connectivity index (χ0v) is 9.58. The smallest absolute Gasteiger partial charge is 0.0105 e. The Bertz CT molecular complexity index is 277. The van der Waals surface area contributed by atoms with Gasteiger partial charge in [0.1, 0.15) is 0 Å². The van der Waals surface area contributed by atoms with Gasteiger partial charge in [0.25, 0.3) is 0 Å². The molecule has 1 aromatic carbocycles.